The molecular formula is C18H15NO5S2. The lowest BCUT2D eigenvalue weighted by atomic mass is 10.2. The van der Waals surface area contributed by atoms with E-state index in [0.717, 1.165) is 16.3 Å². The molecular weight excluding hydrogens is 374 g/mol. The number of hydrogen-bond donors (Lipinski definition) is 0. The number of ether oxygens (including phenoxy) is 2. The molecule has 8 heteroatoms. The molecule has 0 atom stereocenters. The van der Waals surface area contributed by atoms with Crippen molar-refractivity contribution in [2.24, 2.45) is 0 Å². The van der Waals surface area contributed by atoms with Crippen LogP contribution in [-0.4, -0.2) is 18.1 Å². The molecule has 0 radical (unpaired) electrons. The second kappa shape index (κ2) is 8.20. The highest BCUT2D eigenvalue weighted by molar-refractivity contribution is 8.00. The van der Waals surface area contributed by atoms with Crippen LogP contribution in [0, 0.1) is 6.92 Å². The van der Waals surface area contributed by atoms with E-state index in [0.29, 0.717) is 17.3 Å². The van der Waals surface area contributed by atoms with E-state index in [4.69, 9.17) is 13.9 Å². The Labute approximate surface area is 157 Å². The molecule has 6 nitrogen and oxygen atoms in total. The molecule has 1 aromatic carbocycles. The Kier molecular flexibility index (Phi) is 5.75. The van der Waals surface area contributed by atoms with Gasteiger partial charge in [0.25, 0.3) is 0 Å². The van der Waals surface area contributed by atoms with Gasteiger partial charge in [0.05, 0.1) is 12.9 Å². The highest BCUT2D eigenvalue weighted by atomic mass is 32.2. The van der Waals surface area contributed by atoms with Gasteiger partial charge in [-0.3, -0.25) is 4.79 Å². The lowest BCUT2D eigenvalue weighted by Crippen LogP contribution is -2.15. The number of methoxy groups -OCH3 is 1. The summed E-state index contributed by atoms with van der Waals surface area (Å²) in [6, 6.07) is 7.93. The van der Waals surface area contributed by atoms with Crippen LogP contribution in [0.25, 0.3) is 0 Å². The van der Waals surface area contributed by atoms with Gasteiger partial charge in [0.15, 0.2) is 4.34 Å². The van der Waals surface area contributed by atoms with Crippen molar-refractivity contribution in [3.05, 3.63) is 69.2 Å². The van der Waals surface area contributed by atoms with E-state index in [1.807, 2.05) is 12.3 Å². The first-order valence-electron chi connectivity index (χ1n) is 7.58. The molecule has 0 aliphatic carbocycles. The third-order valence-corrected chi connectivity index (χ3v) is 5.48. The number of thioether (sulfide) groups is 1. The zero-order valence-corrected chi connectivity index (χ0v) is 15.7. The topological polar surface area (TPSA) is 78.6 Å². The molecule has 2 aromatic heterocycles. The van der Waals surface area contributed by atoms with Crippen molar-refractivity contribution in [3.63, 3.8) is 0 Å². The van der Waals surface area contributed by atoms with Gasteiger partial charge in [0.2, 0.25) is 11.2 Å². The molecule has 0 saturated heterocycles. The lowest BCUT2D eigenvalue weighted by Gasteiger charge is -2.07. The summed E-state index contributed by atoms with van der Waals surface area (Å²) in [7, 11) is 1.46. The molecule has 0 aliphatic rings. The fourth-order valence-corrected chi connectivity index (χ4v) is 3.83. The van der Waals surface area contributed by atoms with E-state index < -0.39 is 11.4 Å². The van der Waals surface area contributed by atoms with E-state index in [2.05, 4.69) is 4.98 Å². The highest BCUT2D eigenvalue weighted by Crippen LogP contribution is 2.26. The maximum atomic E-state index is 12.3. The Morgan fingerprint density at radius 2 is 2.12 bits per heavy atom. The fourth-order valence-electron chi connectivity index (χ4n) is 2.09. The summed E-state index contributed by atoms with van der Waals surface area (Å²) in [5.74, 6) is 0.455. The van der Waals surface area contributed by atoms with E-state index in [1.54, 1.807) is 24.3 Å². The summed E-state index contributed by atoms with van der Waals surface area (Å²) in [6.07, 6.45) is 1.15. The summed E-state index contributed by atoms with van der Waals surface area (Å²) in [5.41, 5.74) is 0.760. The molecule has 134 valence electrons. The van der Waals surface area contributed by atoms with Gasteiger partial charge in [-0.1, -0.05) is 23.9 Å². The number of nitrogens with zero attached hydrogens (tertiary/aromatic N) is 1. The molecule has 3 aromatic rings. The molecule has 0 aliphatic heterocycles. The average Bonchev–Trinajstić information content (AvgIpc) is 3.07. The van der Waals surface area contributed by atoms with Crippen LogP contribution in [0.15, 0.2) is 55.5 Å². The third-order valence-electron chi connectivity index (χ3n) is 3.32. The average molecular weight is 389 g/mol. The largest absolute Gasteiger partial charge is 0.496 e. The van der Waals surface area contributed by atoms with Crippen LogP contribution >= 0.6 is 23.1 Å². The first-order chi connectivity index (χ1) is 12.6. The van der Waals surface area contributed by atoms with Crippen molar-refractivity contribution in [3.8, 4) is 11.5 Å². The minimum Gasteiger partial charge on any atom is -0.496 e. The van der Waals surface area contributed by atoms with Crippen LogP contribution in [0.1, 0.15) is 21.8 Å². The molecule has 0 fully saturated rings. The number of esters is 1. The molecule has 2 heterocycles. The third kappa shape index (κ3) is 4.33. The summed E-state index contributed by atoms with van der Waals surface area (Å²) in [5, 5.41) is 1.96. The molecule has 0 spiro atoms. The number of thiazole rings is 1. The minimum absolute atomic E-state index is 0.167. The number of aromatic nitrogens is 1. The van der Waals surface area contributed by atoms with Crippen molar-refractivity contribution in [1.82, 2.24) is 4.98 Å². The van der Waals surface area contributed by atoms with Gasteiger partial charge in [-0.15, -0.1) is 11.3 Å². The summed E-state index contributed by atoms with van der Waals surface area (Å²) in [6.45, 7) is 1.92. The minimum atomic E-state index is -0.685. The van der Waals surface area contributed by atoms with Gasteiger partial charge >= 0.3 is 5.97 Å². The van der Waals surface area contributed by atoms with E-state index >= 15 is 0 Å². The number of carbonyl (C=O) groups is 1. The number of aryl methyl sites for hydroxylation is 1. The summed E-state index contributed by atoms with van der Waals surface area (Å²) < 4.78 is 16.6. The van der Waals surface area contributed by atoms with Crippen LogP contribution in [0.3, 0.4) is 0 Å². The zero-order valence-electron chi connectivity index (χ0n) is 14.1. The predicted molar refractivity (Wildman–Crippen MR) is 99.3 cm³/mol. The first kappa shape index (κ1) is 18.2. The van der Waals surface area contributed by atoms with Gasteiger partial charge in [-0.05, 0) is 19.1 Å². The standard InChI is InChI=1S/C18H15NO5S2/c1-11-9-25-18(19-11)26-10-12-7-14(20)16(8-23-12)24-17(21)13-5-3-4-6-15(13)22-2/h3-9H,10H2,1-2H3. The molecule has 26 heavy (non-hydrogen) atoms. The van der Waals surface area contributed by atoms with Crippen molar-refractivity contribution in [2.75, 3.05) is 7.11 Å². The highest BCUT2D eigenvalue weighted by Gasteiger charge is 2.16. The maximum Gasteiger partial charge on any atom is 0.347 e. The lowest BCUT2D eigenvalue weighted by molar-refractivity contribution is 0.0725. The van der Waals surface area contributed by atoms with E-state index in [9.17, 15) is 9.59 Å². The normalized spacial score (nSPS) is 10.5. The van der Waals surface area contributed by atoms with Crippen molar-refractivity contribution in [1.29, 1.82) is 0 Å². The SMILES string of the molecule is COc1ccccc1C(=O)Oc1coc(CSc2nc(C)cs2)cc1=O. The summed E-state index contributed by atoms with van der Waals surface area (Å²) in [4.78, 5) is 28.8. The smallest absolute Gasteiger partial charge is 0.347 e. The van der Waals surface area contributed by atoms with Crippen molar-refractivity contribution in [2.45, 2.75) is 17.0 Å². The van der Waals surface area contributed by atoms with Crippen molar-refractivity contribution >= 4 is 29.1 Å². The van der Waals surface area contributed by atoms with Crippen molar-refractivity contribution < 1.29 is 18.7 Å². The second-order valence-electron chi connectivity index (χ2n) is 5.21. The molecule has 0 saturated carbocycles. The zero-order chi connectivity index (χ0) is 18.5. The van der Waals surface area contributed by atoms with Gasteiger partial charge in [0, 0.05) is 17.1 Å². The molecule has 0 unspecified atom stereocenters. The van der Waals surface area contributed by atoms with Gasteiger partial charge in [-0.2, -0.15) is 0 Å². The number of rotatable bonds is 6. The second-order valence-corrected chi connectivity index (χ2v) is 7.29. The predicted octanol–water partition coefficient (Wildman–Crippen LogP) is 3.92. The molecule has 0 amide bonds. The number of hydrogen-bond acceptors (Lipinski definition) is 8. The van der Waals surface area contributed by atoms with E-state index in [-0.39, 0.29) is 11.3 Å². The Balaban J connectivity index is 1.69. The Morgan fingerprint density at radius 1 is 1.31 bits per heavy atom. The number of carbonyl (C=O) groups excluding carboxylic acids is 1. The molecule has 3 rings (SSSR count). The van der Waals surface area contributed by atoms with E-state index in [1.165, 1.54) is 36.3 Å². The fraction of sp³-hybridized carbons (Fsp3) is 0.167. The molecule has 0 N–H and O–H groups in total. The van der Waals surface area contributed by atoms with Gasteiger partial charge in [0.1, 0.15) is 23.3 Å². The summed E-state index contributed by atoms with van der Waals surface area (Å²) >= 11 is 3.01. The van der Waals surface area contributed by atoms with Gasteiger partial charge in [-0.25, -0.2) is 9.78 Å². The Bertz CT molecular complexity index is 979. The quantitative estimate of drug-likeness (QED) is 0.467. The Hall–Kier alpha value is -2.58. The maximum absolute atomic E-state index is 12.3. The van der Waals surface area contributed by atoms with Crippen LogP contribution < -0.4 is 14.9 Å². The van der Waals surface area contributed by atoms with Crippen LogP contribution in [0.4, 0.5) is 0 Å². The molecule has 0 bridgehead atoms. The Morgan fingerprint density at radius 3 is 2.81 bits per heavy atom. The monoisotopic (exact) mass is 389 g/mol. The van der Waals surface area contributed by atoms with Crippen LogP contribution in [0.2, 0.25) is 0 Å². The van der Waals surface area contributed by atoms with Crippen LogP contribution in [-0.2, 0) is 5.75 Å². The first-order valence-corrected chi connectivity index (χ1v) is 9.45. The number of para-hydroxylation sites is 1. The number of benzene rings is 1. The van der Waals surface area contributed by atoms with Crippen LogP contribution in [0.5, 0.6) is 11.5 Å². The van der Waals surface area contributed by atoms with Gasteiger partial charge < -0.3 is 13.9 Å².